The average Bonchev–Trinajstić information content (AvgIpc) is 2.38. The maximum absolute atomic E-state index is 4.31. The van der Waals surface area contributed by atoms with Crippen molar-refractivity contribution in [2.75, 3.05) is 26.7 Å². The first-order chi connectivity index (χ1) is 4.84. The van der Waals surface area contributed by atoms with Gasteiger partial charge >= 0.3 is 0 Å². The third kappa shape index (κ3) is 1.94. The topological polar surface area (TPSA) is 20.6 Å². The molecule has 0 N–H and O–H groups in total. The Morgan fingerprint density at radius 3 is 2.90 bits per heavy atom. The van der Waals surface area contributed by atoms with Crippen LogP contribution in [0.15, 0.2) is 0 Å². The van der Waals surface area contributed by atoms with Gasteiger partial charge in [-0.05, 0) is 12.8 Å². The third-order valence-electron chi connectivity index (χ3n) is 1.72. The van der Waals surface area contributed by atoms with Crippen molar-refractivity contribution >= 4 is 0 Å². The summed E-state index contributed by atoms with van der Waals surface area (Å²) in [5.74, 6) is 0. The van der Waals surface area contributed by atoms with E-state index in [0.717, 1.165) is 19.6 Å². The van der Waals surface area contributed by atoms with Gasteiger partial charge in [0.05, 0.1) is 0 Å². The molecule has 0 aromatic heterocycles. The van der Waals surface area contributed by atoms with E-state index in [2.05, 4.69) is 29.5 Å². The van der Waals surface area contributed by atoms with E-state index in [0.29, 0.717) is 0 Å². The van der Waals surface area contributed by atoms with Gasteiger partial charge in [0, 0.05) is 26.7 Å². The molecule has 0 aromatic rings. The summed E-state index contributed by atoms with van der Waals surface area (Å²) in [7, 11) is 2.10. The molecule has 0 atom stereocenters. The van der Waals surface area contributed by atoms with Gasteiger partial charge in [-0.1, -0.05) is 6.92 Å². The van der Waals surface area contributed by atoms with Crippen molar-refractivity contribution in [2.45, 2.75) is 19.8 Å². The van der Waals surface area contributed by atoms with E-state index in [4.69, 9.17) is 0 Å². The molecule has 3 heteroatoms. The van der Waals surface area contributed by atoms with Crippen LogP contribution in [0, 0.1) is 0 Å². The van der Waals surface area contributed by atoms with Gasteiger partial charge in [0.25, 0.3) is 0 Å². The van der Waals surface area contributed by atoms with Crippen molar-refractivity contribution in [2.24, 2.45) is 0 Å². The zero-order valence-electron chi connectivity index (χ0n) is 6.88. The Morgan fingerprint density at radius 2 is 2.40 bits per heavy atom. The van der Waals surface area contributed by atoms with Gasteiger partial charge in [-0.15, -0.1) is 5.43 Å². The van der Waals surface area contributed by atoms with Crippen molar-refractivity contribution in [3.05, 3.63) is 0 Å². The molecule has 0 spiro atoms. The molecule has 1 fully saturated rings. The van der Waals surface area contributed by atoms with Crippen molar-refractivity contribution in [1.29, 1.82) is 0 Å². The summed E-state index contributed by atoms with van der Waals surface area (Å²) in [4.78, 5) is 0. The molecule has 0 aromatic carbocycles. The lowest BCUT2D eigenvalue weighted by atomic mass is 10.5. The van der Waals surface area contributed by atoms with E-state index >= 15 is 0 Å². The first kappa shape index (κ1) is 7.98. The van der Waals surface area contributed by atoms with Gasteiger partial charge < -0.3 is 0 Å². The first-order valence-electron chi connectivity index (χ1n) is 4.00. The van der Waals surface area contributed by atoms with Crippen molar-refractivity contribution in [1.82, 2.24) is 15.6 Å². The number of hydrogen-bond acceptors (Lipinski definition) is 2. The molecule has 0 amide bonds. The van der Waals surface area contributed by atoms with Crippen LogP contribution < -0.4 is 5.43 Å². The minimum absolute atomic E-state index is 1.01. The lowest BCUT2D eigenvalue weighted by Gasteiger charge is -2.25. The summed E-state index contributed by atoms with van der Waals surface area (Å²) in [6.07, 6.45) is 2.41. The molecule has 1 heterocycles. The first-order valence-corrected chi connectivity index (χ1v) is 4.00. The number of rotatable bonds is 3. The molecule has 1 radical (unpaired) electrons. The zero-order valence-corrected chi connectivity index (χ0v) is 6.88. The minimum Gasteiger partial charge on any atom is -0.230 e. The van der Waals surface area contributed by atoms with Crippen molar-refractivity contribution in [3.63, 3.8) is 0 Å². The fraction of sp³-hybridized carbons (Fsp3) is 1.00. The second-order valence-corrected chi connectivity index (χ2v) is 2.70. The van der Waals surface area contributed by atoms with Crippen LogP contribution >= 0.6 is 0 Å². The van der Waals surface area contributed by atoms with E-state index in [1.807, 2.05) is 0 Å². The van der Waals surface area contributed by atoms with Crippen molar-refractivity contribution in [3.8, 4) is 0 Å². The predicted octanol–water partition coefficient (Wildman–Crippen LogP) is 0.468. The summed E-state index contributed by atoms with van der Waals surface area (Å²) >= 11 is 0. The Kier molecular flexibility index (Phi) is 3.12. The molecular formula is C7H16N3. The van der Waals surface area contributed by atoms with Crippen molar-refractivity contribution < 1.29 is 0 Å². The molecule has 59 valence electrons. The molecule has 1 aliphatic rings. The van der Waals surface area contributed by atoms with E-state index in [1.54, 1.807) is 0 Å². The number of nitrogens with zero attached hydrogens (tertiary/aromatic N) is 3. The molecule has 0 bridgehead atoms. The molecule has 1 rings (SSSR count). The van der Waals surface area contributed by atoms with E-state index < -0.39 is 0 Å². The highest BCUT2D eigenvalue weighted by Gasteiger charge is 2.15. The summed E-state index contributed by atoms with van der Waals surface area (Å²) < 4.78 is 0. The van der Waals surface area contributed by atoms with Gasteiger partial charge in [-0.3, -0.25) is 0 Å². The van der Waals surface area contributed by atoms with Crippen LogP contribution in [0.4, 0.5) is 0 Å². The normalized spacial score (nSPS) is 20.7. The van der Waals surface area contributed by atoms with Gasteiger partial charge in [0.15, 0.2) is 0 Å². The number of hydrogen-bond donors (Lipinski definition) is 0. The lowest BCUT2D eigenvalue weighted by molar-refractivity contribution is -0.0240. The minimum atomic E-state index is 1.01. The highest BCUT2D eigenvalue weighted by Crippen LogP contribution is 2.01. The molecule has 1 saturated heterocycles. The second-order valence-electron chi connectivity index (χ2n) is 2.70. The quantitative estimate of drug-likeness (QED) is 0.571. The average molecular weight is 142 g/mol. The van der Waals surface area contributed by atoms with E-state index in [1.165, 1.54) is 12.8 Å². The van der Waals surface area contributed by atoms with E-state index in [-0.39, 0.29) is 0 Å². The molecular weight excluding hydrogens is 126 g/mol. The summed E-state index contributed by atoms with van der Waals surface area (Å²) in [6, 6.07) is 0. The standard InChI is InChI=1S/C7H16N3/c1-3-6-9(2)10-7-4-5-8-10/h3-7H2,1-2H3. The highest BCUT2D eigenvalue weighted by molar-refractivity contribution is 4.57. The molecule has 10 heavy (non-hydrogen) atoms. The Balaban J connectivity index is 2.18. The second kappa shape index (κ2) is 3.91. The van der Waals surface area contributed by atoms with Crippen LogP contribution in [0.2, 0.25) is 0 Å². The Morgan fingerprint density at radius 1 is 1.60 bits per heavy atom. The van der Waals surface area contributed by atoms with Crippen LogP contribution in [0.1, 0.15) is 19.8 Å². The summed E-state index contributed by atoms with van der Waals surface area (Å²) in [5.41, 5.74) is 4.31. The van der Waals surface area contributed by atoms with Crippen LogP contribution in [-0.2, 0) is 0 Å². The molecule has 0 saturated carbocycles. The summed E-state index contributed by atoms with van der Waals surface area (Å²) in [6.45, 7) is 5.42. The van der Waals surface area contributed by atoms with Crippen LogP contribution in [0.25, 0.3) is 0 Å². The van der Waals surface area contributed by atoms with Crippen LogP contribution in [0.5, 0.6) is 0 Å². The van der Waals surface area contributed by atoms with Gasteiger partial charge in [-0.25, -0.2) is 5.01 Å². The molecule has 0 unspecified atom stereocenters. The SMILES string of the molecule is CCCN(C)N1CCC[N]1. The van der Waals surface area contributed by atoms with Crippen LogP contribution in [0.3, 0.4) is 0 Å². The van der Waals surface area contributed by atoms with Gasteiger partial charge in [-0.2, -0.15) is 5.12 Å². The van der Waals surface area contributed by atoms with E-state index in [9.17, 15) is 0 Å². The Hall–Kier alpha value is -0.120. The zero-order chi connectivity index (χ0) is 7.40. The monoisotopic (exact) mass is 142 g/mol. The van der Waals surface area contributed by atoms with Gasteiger partial charge in [0.1, 0.15) is 0 Å². The maximum atomic E-state index is 4.31. The highest BCUT2D eigenvalue weighted by atomic mass is 15.8. The largest absolute Gasteiger partial charge is 0.230 e. The molecule has 1 aliphatic heterocycles. The summed E-state index contributed by atoms with van der Waals surface area (Å²) in [5, 5.41) is 4.26. The Labute approximate surface area is 62.9 Å². The fourth-order valence-corrected chi connectivity index (χ4v) is 1.19. The molecule has 0 aliphatic carbocycles. The number of hydrazine groups is 1. The fourth-order valence-electron chi connectivity index (χ4n) is 1.19. The van der Waals surface area contributed by atoms with Gasteiger partial charge in [0.2, 0.25) is 0 Å². The lowest BCUT2D eigenvalue weighted by Crippen LogP contribution is -2.41. The third-order valence-corrected chi connectivity index (χ3v) is 1.72. The predicted molar refractivity (Wildman–Crippen MR) is 41.2 cm³/mol. The van der Waals surface area contributed by atoms with Crippen LogP contribution in [-0.4, -0.2) is 36.8 Å². The molecule has 3 nitrogen and oxygen atoms in total. The smallest absolute Gasteiger partial charge is 0.0334 e. The maximum Gasteiger partial charge on any atom is 0.0334 e. The Bertz CT molecular complexity index is 88.9.